The first-order chi connectivity index (χ1) is 11.8. The maximum absolute atomic E-state index is 9.36. The second kappa shape index (κ2) is 6.72. The zero-order valence-electron chi connectivity index (χ0n) is 15.3. The first kappa shape index (κ1) is 17.8. The minimum absolute atomic E-state index is 0.131. The lowest BCUT2D eigenvalue weighted by atomic mass is 9.79. The first-order valence-electron chi connectivity index (χ1n) is 8.76. The molecule has 0 saturated carbocycles. The molecule has 1 aliphatic rings. The quantitative estimate of drug-likeness (QED) is 0.694. The molecule has 1 heterocycles. The van der Waals surface area contributed by atoms with Crippen molar-refractivity contribution >= 4 is 29.2 Å². The maximum Gasteiger partial charge on any atom is 0.115 e. The molecule has 2 aromatic carbocycles. The van der Waals surface area contributed by atoms with E-state index in [9.17, 15) is 5.11 Å². The van der Waals surface area contributed by atoms with Gasteiger partial charge in [0.05, 0.1) is 10.7 Å². The van der Waals surface area contributed by atoms with E-state index >= 15 is 0 Å². The number of aliphatic imine (C=N–C) groups is 1. The van der Waals surface area contributed by atoms with Crippen LogP contribution < -0.4 is 4.90 Å². The van der Waals surface area contributed by atoms with Crippen LogP contribution in [-0.4, -0.2) is 23.4 Å². The summed E-state index contributed by atoms with van der Waals surface area (Å²) in [6, 6.07) is 11.1. The molecule has 0 aromatic heterocycles. The zero-order chi connectivity index (χ0) is 18.2. The Bertz CT molecular complexity index is 796. The van der Waals surface area contributed by atoms with Crippen LogP contribution in [0.25, 0.3) is 0 Å². The van der Waals surface area contributed by atoms with Crippen LogP contribution in [0.1, 0.15) is 51.2 Å². The molecule has 1 N–H and O–H groups in total. The number of halogens is 1. The Balaban J connectivity index is 1.99. The van der Waals surface area contributed by atoms with Crippen LogP contribution >= 0.6 is 11.6 Å². The third kappa shape index (κ3) is 3.52. The highest BCUT2D eigenvalue weighted by molar-refractivity contribution is 6.33. The Kier molecular flexibility index (Phi) is 4.79. The molecule has 4 heteroatoms. The summed E-state index contributed by atoms with van der Waals surface area (Å²) in [6.07, 6.45) is 2.92. The second-order valence-corrected chi connectivity index (χ2v) is 7.78. The van der Waals surface area contributed by atoms with Gasteiger partial charge in [-0.15, -0.1) is 0 Å². The topological polar surface area (TPSA) is 35.8 Å². The average Bonchev–Trinajstić information content (AvgIpc) is 2.54. The highest BCUT2D eigenvalue weighted by Gasteiger charge is 2.35. The fourth-order valence-corrected chi connectivity index (χ4v) is 4.11. The molecule has 0 spiro atoms. The van der Waals surface area contributed by atoms with Gasteiger partial charge in [0.2, 0.25) is 0 Å². The number of rotatable bonds is 3. The summed E-state index contributed by atoms with van der Waals surface area (Å²) < 4.78 is 0. The van der Waals surface area contributed by atoms with Crippen LogP contribution in [-0.2, 0) is 0 Å². The minimum Gasteiger partial charge on any atom is -0.508 e. The Morgan fingerprint density at radius 2 is 1.96 bits per heavy atom. The van der Waals surface area contributed by atoms with E-state index in [1.807, 2.05) is 0 Å². The van der Waals surface area contributed by atoms with Crippen molar-refractivity contribution in [3.63, 3.8) is 0 Å². The van der Waals surface area contributed by atoms with Gasteiger partial charge < -0.3 is 10.0 Å². The van der Waals surface area contributed by atoms with Crippen molar-refractivity contribution in [2.45, 2.75) is 45.6 Å². The molecule has 2 aromatic rings. The highest BCUT2D eigenvalue weighted by atomic mass is 35.5. The summed E-state index contributed by atoms with van der Waals surface area (Å²) in [5.41, 5.74) is 4.41. The van der Waals surface area contributed by atoms with Gasteiger partial charge in [-0.1, -0.05) is 18.5 Å². The molecule has 25 heavy (non-hydrogen) atoms. The maximum atomic E-state index is 9.36. The number of phenols is 1. The number of aromatic hydroxyl groups is 1. The van der Waals surface area contributed by atoms with Crippen LogP contribution in [0.2, 0.25) is 5.02 Å². The number of nitrogens with zero attached hydrogens (tertiary/aromatic N) is 2. The van der Waals surface area contributed by atoms with Gasteiger partial charge in [0.15, 0.2) is 0 Å². The molecule has 0 bridgehead atoms. The van der Waals surface area contributed by atoms with E-state index in [-0.39, 0.29) is 11.3 Å². The SMILES string of the molecule is CCN1c2cc(Cl)c(C=Nc3ccc(O)cc3)cc2C(C)CC1(C)C. The molecular formula is C21H25ClN2O. The van der Waals surface area contributed by atoms with Crippen molar-refractivity contribution in [1.29, 1.82) is 0 Å². The lowest BCUT2D eigenvalue weighted by molar-refractivity contribution is 0.381. The molecule has 0 aliphatic carbocycles. The summed E-state index contributed by atoms with van der Waals surface area (Å²) in [7, 11) is 0. The molecule has 3 nitrogen and oxygen atoms in total. The fourth-order valence-electron chi connectivity index (χ4n) is 3.90. The van der Waals surface area contributed by atoms with Gasteiger partial charge in [-0.25, -0.2) is 0 Å². The van der Waals surface area contributed by atoms with Crippen LogP contribution in [0, 0.1) is 0 Å². The van der Waals surface area contributed by atoms with Crippen LogP contribution in [0.5, 0.6) is 5.75 Å². The third-order valence-corrected chi connectivity index (χ3v) is 5.35. The molecule has 0 saturated heterocycles. The summed E-state index contributed by atoms with van der Waals surface area (Å²) in [4.78, 5) is 6.93. The molecule has 0 amide bonds. The van der Waals surface area contributed by atoms with Gasteiger partial charge in [0.25, 0.3) is 0 Å². The van der Waals surface area contributed by atoms with Gasteiger partial charge in [-0.2, -0.15) is 0 Å². The molecule has 1 aliphatic heterocycles. The van der Waals surface area contributed by atoms with Crippen molar-refractivity contribution < 1.29 is 5.11 Å². The normalized spacial score (nSPS) is 19.2. The Labute approximate surface area is 155 Å². The van der Waals surface area contributed by atoms with Crippen molar-refractivity contribution in [3.05, 3.63) is 52.5 Å². The number of fused-ring (bicyclic) bond motifs is 1. The van der Waals surface area contributed by atoms with E-state index in [1.165, 1.54) is 11.3 Å². The zero-order valence-corrected chi connectivity index (χ0v) is 16.0. The molecule has 1 atom stereocenters. The van der Waals surface area contributed by atoms with E-state index in [0.29, 0.717) is 10.9 Å². The van der Waals surface area contributed by atoms with Gasteiger partial charge in [-0.05, 0) is 75.1 Å². The predicted octanol–water partition coefficient (Wildman–Crippen LogP) is 5.91. The fraction of sp³-hybridized carbons (Fsp3) is 0.381. The van der Waals surface area contributed by atoms with Crippen LogP contribution in [0.4, 0.5) is 11.4 Å². The summed E-state index contributed by atoms with van der Waals surface area (Å²) in [5, 5.41) is 10.1. The van der Waals surface area contributed by atoms with E-state index in [2.05, 4.69) is 49.7 Å². The summed E-state index contributed by atoms with van der Waals surface area (Å²) >= 11 is 6.56. The van der Waals surface area contributed by atoms with Crippen molar-refractivity contribution in [3.8, 4) is 5.75 Å². The molecule has 0 radical (unpaired) electrons. The van der Waals surface area contributed by atoms with E-state index in [0.717, 1.165) is 24.2 Å². The second-order valence-electron chi connectivity index (χ2n) is 7.37. The smallest absolute Gasteiger partial charge is 0.115 e. The Hall–Kier alpha value is -2.00. The Morgan fingerprint density at radius 3 is 2.60 bits per heavy atom. The molecular weight excluding hydrogens is 332 g/mol. The molecule has 3 rings (SSSR count). The molecule has 0 fully saturated rings. The van der Waals surface area contributed by atoms with Gasteiger partial charge in [-0.3, -0.25) is 4.99 Å². The van der Waals surface area contributed by atoms with E-state index in [4.69, 9.17) is 11.6 Å². The largest absolute Gasteiger partial charge is 0.508 e. The number of hydrogen-bond acceptors (Lipinski definition) is 3. The van der Waals surface area contributed by atoms with Crippen molar-refractivity contribution in [2.75, 3.05) is 11.4 Å². The number of benzene rings is 2. The lowest BCUT2D eigenvalue weighted by Crippen LogP contribution is -2.48. The minimum atomic E-state index is 0.131. The summed E-state index contributed by atoms with van der Waals surface area (Å²) in [6.45, 7) is 10.0. The number of hydrogen-bond donors (Lipinski definition) is 1. The predicted molar refractivity (Wildman–Crippen MR) is 107 cm³/mol. The monoisotopic (exact) mass is 356 g/mol. The molecule has 1 unspecified atom stereocenters. The average molecular weight is 357 g/mol. The Morgan fingerprint density at radius 1 is 1.28 bits per heavy atom. The van der Waals surface area contributed by atoms with Crippen LogP contribution in [0.15, 0.2) is 41.4 Å². The van der Waals surface area contributed by atoms with Gasteiger partial charge >= 0.3 is 0 Å². The highest BCUT2D eigenvalue weighted by Crippen LogP contribution is 2.44. The number of anilines is 1. The van der Waals surface area contributed by atoms with Gasteiger partial charge in [0, 0.05) is 29.5 Å². The van der Waals surface area contributed by atoms with Crippen molar-refractivity contribution in [2.24, 2.45) is 4.99 Å². The number of phenolic OH excluding ortho intramolecular Hbond substituents is 1. The first-order valence-corrected chi connectivity index (χ1v) is 9.14. The lowest BCUT2D eigenvalue weighted by Gasteiger charge is -2.47. The third-order valence-electron chi connectivity index (χ3n) is 5.02. The van der Waals surface area contributed by atoms with Gasteiger partial charge in [0.1, 0.15) is 5.75 Å². The van der Waals surface area contributed by atoms with Crippen molar-refractivity contribution in [1.82, 2.24) is 0 Å². The standard InChI is InChI=1S/C21H25ClN2O/c1-5-24-20-11-19(22)15(10-18(20)14(2)12-21(24,3)4)13-23-16-6-8-17(25)9-7-16/h6-11,13-14,25H,5,12H2,1-4H3. The van der Waals surface area contributed by atoms with E-state index < -0.39 is 0 Å². The van der Waals surface area contributed by atoms with E-state index in [1.54, 1.807) is 30.5 Å². The van der Waals surface area contributed by atoms with Crippen LogP contribution in [0.3, 0.4) is 0 Å². The molecule has 132 valence electrons. The summed E-state index contributed by atoms with van der Waals surface area (Å²) in [5.74, 6) is 0.716.